The smallest absolute Gasteiger partial charge is 0.413 e. The Bertz CT molecular complexity index is 1280. The van der Waals surface area contributed by atoms with Crippen molar-refractivity contribution in [1.82, 2.24) is 4.98 Å². The number of amides is 1. The molecule has 0 bridgehead atoms. The zero-order valence-corrected chi connectivity index (χ0v) is 25.2. The van der Waals surface area contributed by atoms with Crippen LogP contribution in [0.4, 0.5) is 9.93 Å². The topological polar surface area (TPSA) is 172 Å². The molecule has 0 aliphatic carbocycles. The lowest BCUT2D eigenvalue weighted by atomic mass is 10.2. The summed E-state index contributed by atoms with van der Waals surface area (Å²) >= 11 is 6.91. The number of carbonyl (C=O) groups is 4. The van der Waals surface area contributed by atoms with Crippen LogP contribution in [0.25, 0.3) is 0 Å². The van der Waals surface area contributed by atoms with Crippen LogP contribution in [0.2, 0.25) is 4.34 Å². The number of carbonyl (C=O) groups excluding carboxylic acids is 3. The van der Waals surface area contributed by atoms with E-state index in [1.54, 1.807) is 65.8 Å². The van der Waals surface area contributed by atoms with Crippen molar-refractivity contribution in [1.29, 1.82) is 0 Å². The van der Waals surface area contributed by atoms with E-state index in [0.717, 1.165) is 11.3 Å². The minimum Gasteiger partial charge on any atom is -0.497 e. The number of hydrogen-bond donors (Lipinski definition) is 2. The lowest BCUT2D eigenvalue weighted by Crippen LogP contribution is -2.32. The number of nitrogens with one attached hydrogen (secondary N) is 1. The maximum atomic E-state index is 12.9. The second-order valence-electron chi connectivity index (χ2n) is 10.4. The maximum absolute atomic E-state index is 12.9. The lowest BCUT2D eigenvalue weighted by Gasteiger charge is -2.21. The number of aliphatic carboxylic acids is 1. The van der Waals surface area contributed by atoms with Gasteiger partial charge in [0.25, 0.3) is 0 Å². The molecular formula is C26H32ClN3O10S. The minimum absolute atomic E-state index is 0.0718. The highest BCUT2D eigenvalue weighted by Crippen LogP contribution is 2.29. The zero-order valence-electron chi connectivity index (χ0n) is 23.6. The van der Waals surface area contributed by atoms with Gasteiger partial charge in [-0.05, 0) is 59.2 Å². The number of hydrogen-bond acceptors (Lipinski definition) is 12. The molecule has 0 saturated heterocycles. The Morgan fingerprint density at radius 2 is 1.66 bits per heavy atom. The standard InChI is InChI=1S/C26H32ClN3O10S/c1-25(2,3)38-17(31)12-16(22(34)37-13-14-8-10-15(36-7)11-9-14)40-30-19(21(32)33)18-20(27)41-23(28-18)29-24(35)39-26(4,5)6/h8-11,16H,12-13H2,1-7H3,(H,32,33)(H,28,29,35)/b30-19+/t16-/m0/s1. The molecule has 0 saturated carbocycles. The highest BCUT2D eigenvalue weighted by atomic mass is 35.5. The number of halogens is 1. The van der Waals surface area contributed by atoms with Crippen molar-refractivity contribution in [2.45, 2.75) is 71.9 Å². The SMILES string of the molecule is COc1ccc(COC(=O)[C@H](CC(=O)OC(C)(C)C)O/N=C(/C(=O)O)c2nc(NC(=O)OC(C)(C)C)sc2Cl)cc1. The molecule has 1 heterocycles. The average molecular weight is 614 g/mol. The molecule has 0 unspecified atom stereocenters. The molecule has 0 aliphatic rings. The fourth-order valence-corrected chi connectivity index (χ4v) is 3.89. The van der Waals surface area contributed by atoms with Crippen LogP contribution in [0.1, 0.15) is 59.2 Å². The molecule has 2 rings (SSSR count). The van der Waals surface area contributed by atoms with Gasteiger partial charge in [-0.1, -0.05) is 40.2 Å². The summed E-state index contributed by atoms with van der Waals surface area (Å²) in [6, 6.07) is 6.68. The third-order valence-electron chi connectivity index (χ3n) is 4.47. The van der Waals surface area contributed by atoms with Crippen LogP contribution in [0, 0.1) is 0 Å². The van der Waals surface area contributed by atoms with Crippen LogP contribution in [0.5, 0.6) is 5.75 Å². The van der Waals surface area contributed by atoms with Crippen LogP contribution in [0.15, 0.2) is 29.4 Å². The molecule has 2 aromatic rings. The quantitative estimate of drug-likeness (QED) is 0.154. The van der Waals surface area contributed by atoms with Gasteiger partial charge in [0.1, 0.15) is 33.6 Å². The van der Waals surface area contributed by atoms with E-state index in [1.807, 2.05) is 0 Å². The number of aromatic nitrogens is 1. The number of benzene rings is 1. The molecule has 15 heteroatoms. The van der Waals surface area contributed by atoms with Crippen molar-refractivity contribution in [2.24, 2.45) is 5.16 Å². The van der Waals surface area contributed by atoms with Crippen molar-refractivity contribution in [3.05, 3.63) is 39.9 Å². The van der Waals surface area contributed by atoms with Gasteiger partial charge in [0.15, 0.2) is 5.13 Å². The van der Waals surface area contributed by atoms with Crippen molar-refractivity contribution in [2.75, 3.05) is 12.4 Å². The van der Waals surface area contributed by atoms with Crippen LogP contribution < -0.4 is 10.1 Å². The number of anilines is 1. The molecule has 13 nitrogen and oxygen atoms in total. The predicted molar refractivity (Wildman–Crippen MR) is 149 cm³/mol. The summed E-state index contributed by atoms with van der Waals surface area (Å²) in [5, 5.41) is 15.6. The first kappa shape index (κ1) is 33.3. The van der Waals surface area contributed by atoms with Gasteiger partial charge in [0.05, 0.1) is 13.5 Å². The summed E-state index contributed by atoms with van der Waals surface area (Å²) < 4.78 is 20.6. The van der Waals surface area contributed by atoms with E-state index in [1.165, 1.54) is 7.11 Å². The number of carboxylic acids is 1. The molecule has 0 spiro atoms. The molecular weight excluding hydrogens is 582 g/mol. The highest BCUT2D eigenvalue weighted by Gasteiger charge is 2.31. The van der Waals surface area contributed by atoms with E-state index in [4.69, 9.17) is 35.4 Å². The summed E-state index contributed by atoms with van der Waals surface area (Å²) in [5.41, 5.74) is -2.18. The summed E-state index contributed by atoms with van der Waals surface area (Å²) in [7, 11) is 1.51. The normalized spacial score (nSPS) is 12.6. The second kappa shape index (κ2) is 14.1. The van der Waals surface area contributed by atoms with Crippen molar-refractivity contribution in [3.63, 3.8) is 0 Å². The third-order valence-corrected chi connectivity index (χ3v) is 5.64. The van der Waals surface area contributed by atoms with E-state index in [9.17, 15) is 24.3 Å². The number of ether oxygens (including phenoxy) is 4. The largest absolute Gasteiger partial charge is 0.497 e. The van der Waals surface area contributed by atoms with Crippen LogP contribution >= 0.6 is 22.9 Å². The Balaban J connectivity index is 2.27. The van der Waals surface area contributed by atoms with Gasteiger partial charge >= 0.3 is 24.0 Å². The summed E-state index contributed by atoms with van der Waals surface area (Å²) in [5.74, 6) is -2.82. The van der Waals surface area contributed by atoms with Gasteiger partial charge in [0, 0.05) is 0 Å². The number of carboxylic acid groups (broad SMARTS) is 1. The van der Waals surface area contributed by atoms with Crippen molar-refractivity contribution in [3.8, 4) is 5.75 Å². The van der Waals surface area contributed by atoms with E-state index in [2.05, 4.69) is 15.5 Å². The van der Waals surface area contributed by atoms with E-state index in [0.29, 0.717) is 11.3 Å². The molecule has 1 aromatic carbocycles. The molecule has 0 fully saturated rings. The molecule has 1 atom stereocenters. The van der Waals surface area contributed by atoms with Crippen molar-refractivity contribution >= 4 is 57.8 Å². The van der Waals surface area contributed by atoms with E-state index < -0.39 is 53.4 Å². The molecule has 224 valence electrons. The van der Waals surface area contributed by atoms with Gasteiger partial charge in [0.2, 0.25) is 11.8 Å². The number of nitrogens with zero attached hydrogens (tertiary/aromatic N) is 2. The maximum Gasteiger partial charge on any atom is 0.413 e. The number of esters is 2. The third kappa shape index (κ3) is 11.6. The Hall–Kier alpha value is -3.91. The zero-order chi connectivity index (χ0) is 31.0. The first-order valence-electron chi connectivity index (χ1n) is 12.1. The fraction of sp³-hybridized carbons (Fsp3) is 0.462. The number of thiazole rings is 1. The van der Waals surface area contributed by atoms with Crippen molar-refractivity contribution < 1.29 is 48.1 Å². The monoisotopic (exact) mass is 613 g/mol. The molecule has 0 aliphatic heterocycles. The first-order chi connectivity index (χ1) is 19.0. The van der Waals surface area contributed by atoms with Crippen LogP contribution in [-0.2, 0) is 40.0 Å². The fourth-order valence-electron chi connectivity index (χ4n) is 2.86. The minimum atomic E-state index is -1.67. The van der Waals surface area contributed by atoms with E-state index in [-0.39, 0.29) is 21.8 Å². The highest BCUT2D eigenvalue weighted by molar-refractivity contribution is 7.20. The number of methoxy groups -OCH3 is 1. The Morgan fingerprint density at radius 3 is 2.20 bits per heavy atom. The van der Waals surface area contributed by atoms with Gasteiger partial charge in [-0.15, -0.1) is 0 Å². The molecule has 0 radical (unpaired) electrons. The average Bonchev–Trinajstić information content (AvgIpc) is 3.18. The predicted octanol–water partition coefficient (Wildman–Crippen LogP) is 4.80. The van der Waals surface area contributed by atoms with Gasteiger partial charge in [-0.3, -0.25) is 10.1 Å². The summed E-state index contributed by atoms with van der Waals surface area (Å²) in [6.07, 6.45) is -3.14. The summed E-state index contributed by atoms with van der Waals surface area (Å²) in [6.45, 7) is 9.72. The molecule has 41 heavy (non-hydrogen) atoms. The molecule has 2 N–H and O–H groups in total. The Labute approximate surface area is 245 Å². The number of oxime groups is 1. The lowest BCUT2D eigenvalue weighted by molar-refractivity contribution is -0.169. The summed E-state index contributed by atoms with van der Waals surface area (Å²) in [4.78, 5) is 58.6. The van der Waals surface area contributed by atoms with Crippen LogP contribution in [-0.4, -0.2) is 64.2 Å². The van der Waals surface area contributed by atoms with Gasteiger partial charge < -0.3 is 28.9 Å². The Kier molecular flexibility index (Phi) is 11.5. The van der Waals surface area contributed by atoms with E-state index >= 15 is 0 Å². The number of rotatable bonds is 11. The van der Waals surface area contributed by atoms with Gasteiger partial charge in [-0.25, -0.2) is 19.4 Å². The first-order valence-corrected chi connectivity index (χ1v) is 13.3. The van der Waals surface area contributed by atoms with Gasteiger partial charge in [-0.2, -0.15) is 0 Å². The molecule has 1 aromatic heterocycles. The second-order valence-corrected chi connectivity index (χ2v) is 12.0. The molecule has 1 amide bonds. The Morgan fingerprint density at radius 1 is 1.05 bits per heavy atom. The van der Waals surface area contributed by atoms with Crippen LogP contribution in [0.3, 0.4) is 0 Å².